The first kappa shape index (κ1) is 33.3. The molecule has 1 aliphatic heterocycles. The molecule has 1 saturated heterocycles. The second-order valence-electron chi connectivity index (χ2n) is 10.3. The SMILES string of the molecule is CCOc1ccc(Cc2cc(C3CC(OCc4ccccc4)[C@H](OCc4ccccc4)C(C=O)O3)ccc2Cl)cc1F.CO. The van der Waals surface area contributed by atoms with E-state index in [0.29, 0.717) is 37.7 Å². The number of carbonyl (C=O) groups excluding carboxylic acids is 1. The molecule has 232 valence electrons. The minimum Gasteiger partial charge on any atom is -0.491 e. The average molecular weight is 621 g/mol. The summed E-state index contributed by atoms with van der Waals surface area (Å²) in [7, 11) is 1.00. The van der Waals surface area contributed by atoms with Crippen LogP contribution in [0.15, 0.2) is 97.1 Å². The van der Waals surface area contributed by atoms with E-state index in [2.05, 4.69) is 0 Å². The van der Waals surface area contributed by atoms with Crippen LogP contribution in [-0.4, -0.2) is 43.4 Å². The Morgan fingerprint density at radius 3 is 2.16 bits per heavy atom. The quantitative estimate of drug-likeness (QED) is 0.168. The van der Waals surface area contributed by atoms with E-state index in [1.807, 2.05) is 91.9 Å². The number of hydrogen-bond acceptors (Lipinski definition) is 6. The van der Waals surface area contributed by atoms with Crippen LogP contribution < -0.4 is 4.74 Å². The van der Waals surface area contributed by atoms with Crippen LogP contribution >= 0.6 is 11.6 Å². The number of aliphatic hydroxyl groups is 1. The first-order chi connectivity index (χ1) is 21.5. The lowest BCUT2D eigenvalue weighted by Gasteiger charge is -2.40. The molecule has 4 aromatic rings. The van der Waals surface area contributed by atoms with Crippen molar-refractivity contribution in [2.45, 2.75) is 57.4 Å². The van der Waals surface area contributed by atoms with Crippen molar-refractivity contribution in [1.29, 1.82) is 0 Å². The van der Waals surface area contributed by atoms with E-state index in [-0.39, 0.29) is 5.75 Å². The summed E-state index contributed by atoms with van der Waals surface area (Å²) in [6.45, 7) is 2.92. The third-order valence-corrected chi connectivity index (χ3v) is 7.69. The smallest absolute Gasteiger partial charge is 0.165 e. The molecule has 4 atom stereocenters. The molecule has 1 heterocycles. The number of halogens is 2. The Morgan fingerprint density at radius 2 is 1.55 bits per heavy atom. The van der Waals surface area contributed by atoms with Gasteiger partial charge in [0.2, 0.25) is 0 Å². The lowest BCUT2D eigenvalue weighted by Crippen LogP contribution is -2.49. The summed E-state index contributed by atoms with van der Waals surface area (Å²) in [6, 6.07) is 30.3. The second kappa shape index (κ2) is 17.0. The molecule has 0 spiro atoms. The van der Waals surface area contributed by atoms with Crippen LogP contribution in [0.5, 0.6) is 5.75 Å². The van der Waals surface area contributed by atoms with Gasteiger partial charge in [0, 0.05) is 18.6 Å². The molecule has 0 aromatic heterocycles. The average Bonchev–Trinajstić information content (AvgIpc) is 3.07. The van der Waals surface area contributed by atoms with Gasteiger partial charge in [-0.25, -0.2) is 4.39 Å². The molecule has 0 saturated carbocycles. The summed E-state index contributed by atoms with van der Waals surface area (Å²) >= 11 is 6.57. The zero-order chi connectivity index (χ0) is 31.3. The molecule has 0 bridgehead atoms. The first-order valence-corrected chi connectivity index (χ1v) is 15.0. The molecule has 1 aliphatic rings. The van der Waals surface area contributed by atoms with Gasteiger partial charge in [-0.05, 0) is 59.4 Å². The van der Waals surface area contributed by atoms with E-state index in [9.17, 15) is 9.18 Å². The van der Waals surface area contributed by atoms with Crippen LogP contribution in [0.4, 0.5) is 4.39 Å². The van der Waals surface area contributed by atoms with E-state index in [4.69, 9.17) is 35.7 Å². The standard InChI is InChI=1S/C35H34ClFO5.CH4O/c1-2-39-31-16-13-26(18-30(31)37)17-28-19-27(14-15-29(28)36)32-20-33(40-22-24-9-5-3-6-10-24)35(34(21-38)42-32)41-23-25-11-7-4-8-12-25;1-2/h3-16,18-19,21,32-35H,2,17,20,22-23H2,1H3;2H,1H3/t32?,33?,34?,35-;/m0./s1. The van der Waals surface area contributed by atoms with E-state index < -0.39 is 30.2 Å². The molecule has 0 amide bonds. The maximum atomic E-state index is 14.5. The van der Waals surface area contributed by atoms with Gasteiger partial charge in [0.05, 0.1) is 32.0 Å². The summed E-state index contributed by atoms with van der Waals surface area (Å²) in [6.07, 6.45) is -0.534. The molecule has 0 radical (unpaired) electrons. The number of ether oxygens (including phenoxy) is 4. The number of aldehydes is 1. The van der Waals surface area contributed by atoms with Crippen LogP contribution in [0.2, 0.25) is 5.02 Å². The fraction of sp³-hybridized carbons (Fsp3) is 0.306. The monoisotopic (exact) mass is 620 g/mol. The summed E-state index contributed by atoms with van der Waals surface area (Å²) in [5.41, 5.74) is 4.49. The molecule has 1 N–H and O–H groups in total. The minimum absolute atomic E-state index is 0.224. The fourth-order valence-corrected chi connectivity index (χ4v) is 5.37. The molecule has 1 fully saturated rings. The molecule has 6 nitrogen and oxygen atoms in total. The number of carbonyl (C=O) groups is 1. The van der Waals surface area contributed by atoms with Crippen molar-refractivity contribution in [2.24, 2.45) is 0 Å². The maximum absolute atomic E-state index is 14.5. The van der Waals surface area contributed by atoms with Crippen molar-refractivity contribution in [3.63, 3.8) is 0 Å². The maximum Gasteiger partial charge on any atom is 0.165 e. The van der Waals surface area contributed by atoms with Gasteiger partial charge in [0.1, 0.15) is 12.2 Å². The highest BCUT2D eigenvalue weighted by Crippen LogP contribution is 2.37. The number of benzene rings is 4. The van der Waals surface area contributed by atoms with Crippen LogP contribution in [0.25, 0.3) is 0 Å². The van der Waals surface area contributed by atoms with Gasteiger partial charge in [-0.15, -0.1) is 0 Å². The molecule has 8 heteroatoms. The normalized spacial score (nSPS) is 19.5. The van der Waals surface area contributed by atoms with E-state index >= 15 is 0 Å². The highest BCUT2D eigenvalue weighted by atomic mass is 35.5. The van der Waals surface area contributed by atoms with Crippen molar-refractivity contribution in [3.05, 3.63) is 136 Å². The predicted molar refractivity (Wildman–Crippen MR) is 168 cm³/mol. The van der Waals surface area contributed by atoms with Crippen molar-refractivity contribution in [2.75, 3.05) is 13.7 Å². The summed E-state index contributed by atoms with van der Waals surface area (Å²) < 4.78 is 38.8. The third-order valence-electron chi connectivity index (χ3n) is 7.32. The van der Waals surface area contributed by atoms with Crippen LogP contribution in [0.3, 0.4) is 0 Å². The van der Waals surface area contributed by atoms with Crippen molar-refractivity contribution < 1.29 is 33.2 Å². The zero-order valence-corrected chi connectivity index (χ0v) is 25.7. The Kier molecular flexibility index (Phi) is 12.9. The number of rotatable bonds is 12. The Balaban J connectivity index is 0.00000216. The Bertz CT molecular complexity index is 1450. The molecule has 44 heavy (non-hydrogen) atoms. The summed E-state index contributed by atoms with van der Waals surface area (Å²) in [4.78, 5) is 12.3. The van der Waals surface area contributed by atoms with Gasteiger partial charge in [-0.2, -0.15) is 0 Å². The third kappa shape index (κ3) is 8.97. The Labute approximate surface area is 263 Å². The van der Waals surface area contributed by atoms with Gasteiger partial charge in [0.25, 0.3) is 0 Å². The Morgan fingerprint density at radius 1 is 0.886 bits per heavy atom. The highest BCUT2D eigenvalue weighted by Gasteiger charge is 2.41. The molecule has 4 aromatic carbocycles. The lowest BCUT2D eigenvalue weighted by atomic mass is 9.92. The summed E-state index contributed by atoms with van der Waals surface area (Å²) in [5, 5.41) is 7.57. The predicted octanol–water partition coefficient (Wildman–Crippen LogP) is 7.28. The van der Waals surface area contributed by atoms with Gasteiger partial charge in [-0.1, -0.05) is 90.5 Å². The number of aliphatic hydroxyl groups excluding tert-OH is 1. The summed E-state index contributed by atoms with van der Waals surface area (Å²) in [5.74, 6) is -0.187. The van der Waals surface area contributed by atoms with E-state index in [0.717, 1.165) is 41.2 Å². The minimum atomic E-state index is -0.826. The Hall–Kier alpha value is -3.59. The van der Waals surface area contributed by atoms with Gasteiger partial charge in [-0.3, -0.25) is 0 Å². The van der Waals surface area contributed by atoms with Crippen molar-refractivity contribution >= 4 is 17.9 Å². The van der Waals surface area contributed by atoms with Crippen molar-refractivity contribution in [3.8, 4) is 5.75 Å². The van der Waals surface area contributed by atoms with E-state index in [1.165, 1.54) is 6.07 Å². The van der Waals surface area contributed by atoms with Gasteiger partial charge in [0.15, 0.2) is 17.9 Å². The molecule has 3 unspecified atom stereocenters. The lowest BCUT2D eigenvalue weighted by molar-refractivity contribution is -0.204. The number of hydrogen-bond donors (Lipinski definition) is 1. The molecular weight excluding hydrogens is 583 g/mol. The van der Waals surface area contributed by atoms with Crippen molar-refractivity contribution in [1.82, 2.24) is 0 Å². The zero-order valence-electron chi connectivity index (χ0n) is 24.9. The molecule has 0 aliphatic carbocycles. The van der Waals surface area contributed by atoms with Crippen LogP contribution in [-0.2, 0) is 38.6 Å². The van der Waals surface area contributed by atoms with Crippen LogP contribution in [0.1, 0.15) is 47.3 Å². The topological polar surface area (TPSA) is 74.2 Å². The van der Waals surface area contributed by atoms with Gasteiger partial charge < -0.3 is 28.8 Å². The highest BCUT2D eigenvalue weighted by molar-refractivity contribution is 6.31. The molecule has 5 rings (SSSR count). The van der Waals surface area contributed by atoms with Gasteiger partial charge >= 0.3 is 0 Å². The van der Waals surface area contributed by atoms with Crippen LogP contribution in [0, 0.1) is 5.82 Å². The first-order valence-electron chi connectivity index (χ1n) is 14.6. The van der Waals surface area contributed by atoms with E-state index in [1.54, 1.807) is 6.07 Å². The second-order valence-corrected chi connectivity index (χ2v) is 10.7. The molecular formula is C36H38ClFO6. The largest absolute Gasteiger partial charge is 0.491 e. The fourth-order valence-electron chi connectivity index (χ4n) is 5.19.